The zero-order chi connectivity index (χ0) is 12.3. The van der Waals surface area contributed by atoms with Gasteiger partial charge < -0.3 is 9.94 Å². The summed E-state index contributed by atoms with van der Waals surface area (Å²) in [5.41, 5.74) is 1.66. The number of aryl methyl sites for hydroxylation is 1. The Hall–Kier alpha value is -2.10. The molecule has 17 heavy (non-hydrogen) atoms. The SMILES string of the molecule is COc1cccc(Cc2nccc(C)[n+]2[O-])c1. The lowest BCUT2D eigenvalue weighted by Crippen LogP contribution is -2.36. The second-order valence-corrected chi connectivity index (χ2v) is 3.83. The van der Waals surface area contributed by atoms with E-state index in [0.29, 0.717) is 17.9 Å². The van der Waals surface area contributed by atoms with E-state index in [0.717, 1.165) is 16.0 Å². The summed E-state index contributed by atoms with van der Waals surface area (Å²) in [5, 5.41) is 11.8. The van der Waals surface area contributed by atoms with Gasteiger partial charge in [0, 0.05) is 6.07 Å². The van der Waals surface area contributed by atoms with Crippen molar-refractivity contribution in [3.63, 3.8) is 0 Å². The molecule has 4 nitrogen and oxygen atoms in total. The van der Waals surface area contributed by atoms with Gasteiger partial charge in [0.25, 0.3) is 0 Å². The Kier molecular flexibility index (Phi) is 3.23. The van der Waals surface area contributed by atoms with Crippen molar-refractivity contribution in [1.82, 2.24) is 4.98 Å². The molecule has 0 saturated heterocycles. The number of aromatic nitrogens is 2. The van der Waals surface area contributed by atoms with Crippen LogP contribution in [0.25, 0.3) is 0 Å². The quantitative estimate of drug-likeness (QED) is 0.594. The number of nitrogens with zero attached hydrogens (tertiary/aromatic N) is 2. The first-order chi connectivity index (χ1) is 8.20. The third-order valence-electron chi connectivity index (χ3n) is 2.59. The summed E-state index contributed by atoms with van der Waals surface area (Å²) in [6.07, 6.45) is 2.15. The van der Waals surface area contributed by atoms with Gasteiger partial charge in [-0.15, -0.1) is 0 Å². The Bertz CT molecular complexity index is 527. The first-order valence-corrected chi connectivity index (χ1v) is 5.37. The molecule has 0 unspecified atom stereocenters. The van der Waals surface area contributed by atoms with Crippen molar-refractivity contribution >= 4 is 0 Å². The molecule has 0 aliphatic heterocycles. The maximum absolute atomic E-state index is 11.8. The summed E-state index contributed by atoms with van der Waals surface area (Å²) in [5.74, 6) is 1.28. The van der Waals surface area contributed by atoms with Crippen molar-refractivity contribution in [2.75, 3.05) is 7.11 Å². The molecule has 0 bridgehead atoms. The van der Waals surface area contributed by atoms with Crippen LogP contribution in [0, 0.1) is 12.1 Å². The number of ether oxygens (including phenoxy) is 1. The van der Waals surface area contributed by atoms with E-state index in [1.165, 1.54) is 0 Å². The fourth-order valence-corrected chi connectivity index (χ4v) is 1.64. The number of rotatable bonds is 3. The fourth-order valence-electron chi connectivity index (χ4n) is 1.64. The van der Waals surface area contributed by atoms with Crippen LogP contribution in [0.5, 0.6) is 5.75 Å². The summed E-state index contributed by atoms with van der Waals surface area (Å²) in [6, 6.07) is 9.33. The molecule has 1 aromatic carbocycles. The second kappa shape index (κ2) is 4.82. The minimum absolute atomic E-state index is 0.498. The molecular weight excluding hydrogens is 216 g/mol. The fraction of sp³-hybridized carbons (Fsp3) is 0.231. The average Bonchev–Trinajstić information content (AvgIpc) is 2.35. The number of hydrogen-bond donors (Lipinski definition) is 0. The third-order valence-corrected chi connectivity index (χ3v) is 2.59. The monoisotopic (exact) mass is 230 g/mol. The predicted molar refractivity (Wildman–Crippen MR) is 63.7 cm³/mol. The van der Waals surface area contributed by atoms with Crippen LogP contribution in [0.4, 0.5) is 0 Å². The van der Waals surface area contributed by atoms with Crippen LogP contribution in [-0.2, 0) is 6.42 Å². The van der Waals surface area contributed by atoms with Crippen molar-refractivity contribution in [3.05, 3.63) is 58.8 Å². The maximum Gasteiger partial charge on any atom is 0.305 e. The van der Waals surface area contributed by atoms with Gasteiger partial charge in [0.1, 0.15) is 17.6 Å². The van der Waals surface area contributed by atoms with Crippen LogP contribution in [0.15, 0.2) is 36.5 Å². The highest BCUT2D eigenvalue weighted by atomic mass is 16.5. The van der Waals surface area contributed by atoms with Crippen molar-refractivity contribution in [2.24, 2.45) is 0 Å². The van der Waals surface area contributed by atoms with E-state index in [-0.39, 0.29) is 0 Å². The molecule has 0 spiro atoms. The van der Waals surface area contributed by atoms with Gasteiger partial charge in [-0.2, -0.15) is 0 Å². The highest BCUT2D eigenvalue weighted by Gasteiger charge is 2.10. The van der Waals surface area contributed by atoms with Gasteiger partial charge in [0.05, 0.1) is 13.5 Å². The molecule has 4 heteroatoms. The van der Waals surface area contributed by atoms with E-state index in [9.17, 15) is 5.21 Å². The van der Waals surface area contributed by atoms with Crippen LogP contribution >= 0.6 is 0 Å². The Morgan fingerprint density at radius 1 is 1.35 bits per heavy atom. The minimum atomic E-state index is 0.498. The van der Waals surface area contributed by atoms with E-state index < -0.39 is 0 Å². The van der Waals surface area contributed by atoms with Crippen LogP contribution in [0.1, 0.15) is 17.1 Å². The van der Waals surface area contributed by atoms with Gasteiger partial charge in [-0.05, 0) is 24.6 Å². The second-order valence-electron chi connectivity index (χ2n) is 3.83. The molecule has 0 amide bonds. The molecule has 0 N–H and O–H groups in total. The average molecular weight is 230 g/mol. The molecule has 0 aliphatic rings. The Labute approximate surface area is 100 Å². The highest BCUT2D eigenvalue weighted by Crippen LogP contribution is 2.14. The van der Waals surface area contributed by atoms with Crippen LogP contribution in [0.2, 0.25) is 0 Å². The topological polar surface area (TPSA) is 49.1 Å². The lowest BCUT2D eigenvalue weighted by atomic mass is 10.1. The molecule has 0 saturated carbocycles. The van der Waals surface area contributed by atoms with Gasteiger partial charge in [0.15, 0.2) is 0 Å². The number of hydrogen-bond acceptors (Lipinski definition) is 3. The highest BCUT2D eigenvalue weighted by molar-refractivity contribution is 5.29. The first-order valence-electron chi connectivity index (χ1n) is 5.37. The zero-order valence-corrected chi connectivity index (χ0v) is 9.88. The van der Waals surface area contributed by atoms with Crippen molar-refractivity contribution in [2.45, 2.75) is 13.3 Å². The maximum atomic E-state index is 11.8. The lowest BCUT2D eigenvalue weighted by molar-refractivity contribution is -0.623. The molecule has 0 fully saturated rings. The van der Waals surface area contributed by atoms with Crippen molar-refractivity contribution in [1.29, 1.82) is 0 Å². The summed E-state index contributed by atoms with van der Waals surface area (Å²) in [7, 11) is 1.62. The van der Waals surface area contributed by atoms with Gasteiger partial charge in [-0.1, -0.05) is 17.1 Å². The Morgan fingerprint density at radius 3 is 2.94 bits per heavy atom. The minimum Gasteiger partial charge on any atom is -0.711 e. The molecule has 2 rings (SSSR count). The van der Waals surface area contributed by atoms with Gasteiger partial charge >= 0.3 is 5.82 Å². The summed E-state index contributed by atoms with van der Waals surface area (Å²) in [6.45, 7) is 1.77. The van der Waals surface area contributed by atoms with Crippen molar-refractivity contribution in [3.8, 4) is 5.75 Å². The van der Waals surface area contributed by atoms with Crippen LogP contribution < -0.4 is 9.47 Å². The van der Waals surface area contributed by atoms with Gasteiger partial charge in [-0.3, -0.25) is 0 Å². The lowest BCUT2D eigenvalue weighted by Gasteiger charge is -2.09. The number of benzene rings is 1. The van der Waals surface area contributed by atoms with E-state index >= 15 is 0 Å². The molecule has 1 aromatic heterocycles. The van der Waals surface area contributed by atoms with Crippen LogP contribution in [0.3, 0.4) is 0 Å². The van der Waals surface area contributed by atoms with E-state index in [2.05, 4.69) is 4.98 Å². The molecule has 2 aromatic rings. The van der Waals surface area contributed by atoms with E-state index in [4.69, 9.17) is 4.74 Å². The molecule has 0 radical (unpaired) electrons. The molecule has 0 atom stereocenters. The Balaban J connectivity index is 2.28. The predicted octanol–water partition coefficient (Wildman–Crippen LogP) is 1.62. The largest absolute Gasteiger partial charge is 0.711 e. The molecular formula is C13H14N2O2. The van der Waals surface area contributed by atoms with Crippen molar-refractivity contribution < 1.29 is 9.47 Å². The Morgan fingerprint density at radius 2 is 2.18 bits per heavy atom. The molecule has 1 heterocycles. The normalized spacial score (nSPS) is 10.2. The zero-order valence-electron chi connectivity index (χ0n) is 9.88. The number of methoxy groups -OCH3 is 1. The summed E-state index contributed by atoms with van der Waals surface area (Å²) >= 11 is 0. The molecule has 0 aliphatic carbocycles. The smallest absolute Gasteiger partial charge is 0.305 e. The molecule has 88 valence electrons. The van der Waals surface area contributed by atoms with Gasteiger partial charge in [-0.25, -0.2) is 4.73 Å². The third kappa shape index (κ3) is 2.53. The standard InChI is InChI=1S/C13H14N2O2/c1-10-6-7-14-13(15(10)16)9-11-4-3-5-12(8-11)17-2/h3-8H,9H2,1-2H3. The van der Waals surface area contributed by atoms with Crippen LogP contribution in [-0.4, -0.2) is 12.1 Å². The first kappa shape index (κ1) is 11.4. The van der Waals surface area contributed by atoms with Gasteiger partial charge in [0.2, 0.25) is 0 Å². The summed E-state index contributed by atoms with van der Waals surface area (Å²) in [4.78, 5) is 4.10. The van der Waals surface area contributed by atoms with E-state index in [1.807, 2.05) is 24.3 Å². The summed E-state index contributed by atoms with van der Waals surface area (Å²) < 4.78 is 6.00. The van der Waals surface area contributed by atoms with E-state index in [1.54, 1.807) is 26.3 Å².